The molecule has 1 N–H and O–H groups in total. The molecule has 0 bridgehead atoms. The molecule has 0 aliphatic carbocycles. The predicted octanol–water partition coefficient (Wildman–Crippen LogP) is 0.0365. The van der Waals surface area contributed by atoms with Crippen LogP contribution in [0.3, 0.4) is 0 Å². The quantitative estimate of drug-likeness (QED) is 0.777. The lowest BCUT2D eigenvalue weighted by Gasteiger charge is -2.40. The Morgan fingerprint density at radius 3 is 2.35 bits per heavy atom. The summed E-state index contributed by atoms with van der Waals surface area (Å²) in [5.41, 5.74) is 0.286. The van der Waals surface area contributed by atoms with E-state index in [0.717, 1.165) is 32.6 Å². The summed E-state index contributed by atoms with van der Waals surface area (Å²) in [6.45, 7) is 6.14. The summed E-state index contributed by atoms with van der Waals surface area (Å²) in [6.07, 6.45) is 3.10. The van der Waals surface area contributed by atoms with Gasteiger partial charge in [0.2, 0.25) is 10.0 Å². The number of hydrogen-bond acceptors (Lipinski definition) is 4. The van der Waals surface area contributed by atoms with E-state index in [0.29, 0.717) is 19.1 Å². The van der Waals surface area contributed by atoms with Crippen LogP contribution >= 0.6 is 0 Å². The topological polar surface area (TPSA) is 58.6 Å². The largest absolute Gasteiger partial charge is 0.380 e. The second-order valence-electron chi connectivity index (χ2n) is 5.62. The molecular weight excluding hydrogens is 240 g/mol. The predicted molar refractivity (Wildman–Crippen MR) is 66.4 cm³/mol. The maximum Gasteiger partial charge on any atom is 0.211 e. The Hall–Kier alpha value is -0.170. The molecule has 0 unspecified atom stereocenters. The highest BCUT2D eigenvalue weighted by Crippen LogP contribution is 2.26. The first-order valence-electron chi connectivity index (χ1n) is 6.15. The molecule has 0 spiro atoms. The van der Waals surface area contributed by atoms with Crippen molar-refractivity contribution < 1.29 is 13.2 Å². The van der Waals surface area contributed by atoms with Gasteiger partial charge in [-0.15, -0.1) is 0 Å². The lowest BCUT2D eigenvalue weighted by molar-refractivity contribution is -0.100. The van der Waals surface area contributed by atoms with Gasteiger partial charge in [0.05, 0.1) is 19.5 Å². The molecule has 0 saturated carbocycles. The van der Waals surface area contributed by atoms with E-state index in [1.165, 1.54) is 6.26 Å². The number of nitrogens with one attached hydrogen (secondary N) is 1. The van der Waals surface area contributed by atoms with Crippen molar-refractivity contribution in [1.82, 2.24) is 9.62 Å². The van der Waals surface area contributed by atoms with E-state index in [4.69, 9.17) is 4.74 Å². The van der Waals surface area contributed by atoms with E-state index in [9.17, 15) is 8.42 Å². The standard InChI is InChI=1S/C11H22N2O3S/c1-11(8-16-9-11)7-12-10-3-5-13(6-4-10)17(2,14)15/h10,12H,3-9H2,1-2H3. The van der Waals surface area contributed by atoms with Gasteiger partial charge in [-0.2, -0.15) is 0 Å². The van der Waals surface area contributed by atoms with E-state index in [1.807, 2.05) is 0 Å². The summed E-state index contributed by atoms with van der Waals surface area (Å²) < 4.78 is 29.5. The van der Waals surface area contributed by atoms with Gasteiger partial charge in [-0.3, -0.25) is 0 Å². The van der Waals surface area contributed by atoms with E-state index in [-0.39, 0.29) is 5.41 Å². The summed E-state index contributed by atoms with van der Waals surface area (Å²) in [4.78, 5) is 0. The summed E-state index contributed by atoms with van der Waals surface area (Å²) in [7, 11) is -3.00. The van der Waals surface area contributed by atoms with Crippen molar-refractivity contribution in [2.24, 2.45) is 5.41 Å². The first-order chi connectivity index (χ1) is 7.89. The van der Waals surface area contributed by atoms with Crippen LogP contribution < -0.4 is 5.32 Å². The Labute approximate surface area is 104 Å². The lowest BCUT2D eigenvalue weighted by Crippen LogP contribution is -2.52. The van der Waals surface area contributed by atoms with Gasteiger partial charge in [0, 0.05) is 31.1 Å². The maximum atomic E-state index is 11.4. The van der Waals surface area contributed by atoms with Crippen molar-refractivity contribution in [2.45, 2.75) is 25.8 Å². The van der Waals surface area contributed by atoms with E-state index in [1.54, 1.807) is 4.31 Å². The second kappa shape index (κ2) is 4.84. The fourth-order valence-electron chi connectivity index (χ4n) is 2.33. The molecule has 0 atom stereocenters. The Bertz CT molecular complexity index is 357. The molecule has 2 aliphatic heterocycles. The summed E-state index contributed by atoms with van der Waals surface area (Å²) in [6, 6.07) is 0.449. The van der Waals surface area contributed by atoms with Gasteiger partial charge in [0.1, 0.15) is 0 Å². The summed E-state index contributed by atoms with van der Waals surface area (Å²) in [5.74, 6) is 0. The molecule has 2 saturated heterocycles. The zero-order valence-corrected chi connectivity index (χ0v) is 11.4. The zero-order valence-electron chi connectivity index (χ0n) is 10.6. The SMILES string of the molecule is CC1(CNC2CCN(S(C)(=O)=O)CC2)COC1. The molecule has 2 heterocycles. The third-order valence-corrected chi connectivity index (χ3v) is 4.94. The minimum atomic E-state index is -3.00. The Morgan fingerprint density at radius 2 is 1.94 bits per heavy atom. The third-order valence-electron chi connectivity index (χ3n) is 3.64. The average Bonchev–Trinajstić information content (AvgIpc) is 2.23. The Morgan fingerprint density at radius 1 is 1.35 bits per heavy atom. The van der Waals surface area contributed by atoms with E-state index < -0.39 is 10.0 Å². The number of piperidine rings is 1. The van der Waals surface area contributed by atoms with Gasteiger partial charge in [-0.1, -0.05) is 6.92 Å². The Balaban J connectivity index is 1.72. The zero-order chi connectivity index (χ0) is 12.5. The smallest absolute Gasteiger partial charge is 0.211 e. The minimum absolute atomic E-state index is 0.286. The maximum absolute atomic E-state index is 11.4. The van der Waals surface area contributed by atoms with Crippen LogP contribution in [0.1, 0.15) is 19.8 Å². The molecule has 6 heteroatoms. The molecule has 100 valence electrons. The highest BCUT2D eigenvalue weighted by molar-refractivity contribution is 7.88. The fraction of sp³-hybridized carbons (Fsp3) is 1.00. The highest BCUT2D eigenvalue weighted by atomic mass is 32.2. The van der Waals surface area contributed by atoms with Gasteiger partial charge in [0.15, 0.2) is 0 Å². The monoisotopic (exact) mass is 262 g/mol. The van der Waals surface area contributed by atoms with Crippen LogP contribution in [0.15, 0.2) is 0 Å². The number of hydrogen-bond donors (Lipinski definition) is 1. The molecule has 5 nitrogen and oxygen atoms in total. The average molecular weight is 262 g/mol. The van der Waals surface area contributed by atoms with Crippen LogP contribution in [-0.2, 0) is 14.8 Å². The van der Waals surface area contributed by atoms with E-state index >= 15 is 0 Å². The Kier molecular flexibility index (Phi) is 3.77. The van der Waals surface area contributed by atoms with Crippen LogP contribution in [0.2, 0.25) is 0 Å². The third kappa shape index (κ3) is 3.40. The van der Waals surface area contributed by atoms with Crippen LogP contribution in [-0.4, -0.2) is 57.9 Å². The van der Waals surface area contributed by atoms with Gasteiger partial charge in [-0.25, -0.2) is 12.7 Å². The normalized spacial score (nSPS) is 26.7. The van der Waals surface area contributed by atoms with Crippen molar-refractivity contribution in [3.8, 4) is 0 Å². The van der Waals surface area contributed by atoms with Crippen LogP contribution in [0.5, 0.6) is 0 Å². The molecular formula is C11H22N2O3S. The van der Waals surface area contributed by atoms with Gasteiger partial charge < -0.3 is 10.1 Å². The van der Waals surface area contributed by atoms with Crippen LogP contribution in [0.25, 0.3) is 0 Å². The molecule has 0 aromatic heterocycles. The molecule has 0 radical (unpaired) electrons. The molecule has 0 aromatic rings. The van der Waals surface area contributed by atoms with Crippen LogP contribution in [0, 0.1) is 5.41 Å². The minimum Gasteiger partial charge on any atom is -0.380 e. The molecule has 0 aromatic carbocycles. The molecule has 17 heavy (non-hydrogen) atoms. The first kappa shape index (κ1) is 13.3. The number of rotatable bonds is 4. The van der Waals surface area contributed by atoms with Crippen LogP contribution in [0.4, 0.5) is 0 Å². The summed E-state index contributed by atoms with van der Waals surface area (Å²) in [5, 5.41) is 3.53. The number of nitrogens with zero attached hydrogens (tertiary/aromatic N) is 1. The van der Waals surface area contributed by atoms with Gasteiger partial charge in [-0.05, 0) is 12.8 Å². The number of ether oxygens (including phenoxy) is 1. The van der Waals surface area contributed by atoms with Crippen molar-refractivity contribution in [3.05, 3.63) is 0 Å². The molecule has 2 rings (SSSR count). The highest BCUT2D eigenvalue weighted by Gasteiger charge is 2.34. The fourth-order valence-corrected chi connectivity index (χ4v) is 3.21. The molecule has 0 amide bonds. The van der Waals surface area contributed by atoms with Crippen molar-refractivity contribution in [2.75, 3.05) is 39.1 Å². The molecule has 2 aliphatic rings. The van der Waals surface area contributed by atoms with Crippen molar-refractivity contribution in [3.63, 3.8) is 0 Å². The van der Waals surface area contributed by atoms with Crippen molar-refractivity contribution >= 4 is 10.0 Å². The summed E-state index contributed by atoms with van der Waals surface area (Å²) >= 11 is 0. The number of sulfonamides is 1. The van der Waals surface area contributed by atoms with E-state index in [2.05, 4.69) is 12.2 Å². The first-order valence-corrected chi connectivity index (χ1v) is 8.00. The van der Waals surface area contributed by atoms with Crippen molar-refractivity contribution in [1.29, 1.82) is 0 Å². The molecule has 2 fully saturated rings. The lowest BCUT2D eigenvalue weighted by atomic mass is 9.88. The van der Waals surface area contributed by atoms with Gasteiger partial charge >= 0.3 is 0 Å². The van der Waals surface area contributed by atoms with Gasteiger partial charge in [0.25, 0.3) is 0 Å². The second-order valence-corrected chi connectivity index (χ2v) is 7.60.